The molecule has 0 bridgehead atoms. The topological polar surface area (TPSA) is 12.0 Å². The Kier molecular flexibility index (Phi) is 2.72. The Bertz CT molecular complexity index is 151. The van der Waals surface area contributed by atoms with Crippen LogP contribution >= 0.6 is 0 Å². The third-order valence-corrected chi connectivity index (χ3v) is 2.26. The van der Waals surface area contributed by atoms with E-state index in [0.29, 0.717) is 5.41 Å². The minimum Gasteiger partial charge on any atom is -0.313 e. The van der Waals surface area contributed by atoms with Crippen molar-refractivity contribution in [2.75, 3.05) is 13.1 Å². The van der Waals surface area contributed by atoms with Gasteiger partial charge in [-0.2, -0.15) is 0 Å². The zero-order valence-electron chi connectivity index (χ0n) is 7.91. The average molecular weight is 153 g/mol. The fourth-order valence-electron chi connectivity index (χ4n) is 1.48. The lowest BCUT2D eigenvalue weighted by Gasteiger charge is -2.22. The molecule has 1 aliphatic rings. The Labute approximate surface area is 69.9 Å². The van der Waals surface area contributed by atoms with Gasteiger partial charge in [0.1, 0.15) is 0 Å². The Morgan fingerprint density at radius 1 is 1.36 bits per heavy atom. The van der Waals surface area contributed by atoms with Crippen molar-refractivity contribution in [2.45, 2.75) is 33.6 Å². The van der Waals surface area contributed by atoms with E-state index in [-0.39, 0.29) is 0 Å². The largest absolute Gasteiger partial charge is 0.313 e. The molecule has 0 saturated heterocycles. The molecule has 0 radical (unpaired) electrons. The van der Waals surface area contributed by atoms with E-state index in [2.05, 4.69) is 32.2 Å². The fourth-order valence-corrected chi connectivity index (χ4v) is 1.48. The van der Waals surface area contributed by atoms with Crippen LogP contribution in [0, 0.1) is 5.41 Å². The highest BCUT2D eigenvalue weighted by Gasteiger charge is 2.16. The van der Waals surface area contributed by atoms with Crippen molar-refractivity contribution in [2.24, 2.45) is 5.41 Å². The number of hydrogen-bond acceptors (Lipinski definition) is 1. The van der Waals surface area contributed by atoms with Gasteiger partial charge in [0.05, 0.1) is 0 Å². The van der Waals surface area contributed by atoms with E-state index >= 15 is 0 Å². The molecule has 0 aromatic rings. The van der Waals surface area contributed by atoms with E-state index in [0.717, 1.165) is 6.54 Å². The van der Waals surface area contributed by atoms with E-state index in [4.69, 9.17) is 0 Å². The van der Waals surface area contributed by atoms with E-state index in [1.54, 1.807) is 5.57 Å². The third-order valence-electron chi connectivity index (χ3n) is 2.26. The summed E-state index contributed by atoms with van der Waals surface area (Å²) in [7, 11) is 0. The van der Waals surface area contributed by atoms with Gasteiger partial charge < -0.3 is 5.32 Å². The quantitative estimate of drug-likeness (QED) is 0.527. The summed E-state index contributed by atoms with van der Waals surface area (Å²) in [6.07, 6.45) is 4.92. The van der Waals surface area contributed by atoms with Crippen molar-refractivity contribution in [3.05, 3.63) is 11.6 Å². The van der Waals surface area contributed by atoms with Gasteiger partial charge in [-0.05, 0) is 24.8 Å². The Morgan fingerprint density at radius 2 is 2.09 bits per heavy atom. The predicted octanol–water partition coefficient (Wildman–Crippen LogP) is 2.34. The molecule has 11 heavy (non-hydrogen) atoms. The van der Waals surface area contributed by atoms with E-state index in [9.17, 15) is 0 Å². The highest BCUT2D eigenvalue weighted by molar-refractivity contribution is 5.12. The summed E-state index contributed by atoms with van der Waals surface area (Å²) >= 11 is 0. The Hall–Kier alpha value is -0.300. The first-order chi connectivity index (χ1) is 5.11. The van der Waals surface area contributed by atoms with Crippen LogP contribution in [0.4, 0.5) is 0 Å². The van der Waals surface area contributed by atoms with Crippen molar-refractivity contribution in [1.29, 1.82) is 0 Å². The van der Waals surface area contributed by atoms with Crippen LogP contribution in [-0.2, 0) is 0 Å². The van der Waals surface area contributed by atoms with Crippen LogP contribution in [0.15, 0.2) is 11.6 Å². The van der Waals surface area contributed by atoms with Gasteiger partial charge in [0.2, 0.25) is 0 Å². The zero-order chi connectivity index (χ0) is 8.32. The maximum Gasteiger partial charge on any atom is 0.0137 e. The summed E-state index contributed by atoms with van der Waals surface area (Å²) in [5.41, 5.74) is 1.99. The molecule has 0 atom stereocenters. The molecule has 0 aromatic heterocycles. The molecule has 1 heterocycles. The monoisotopic (exact) mass is 153 g/mol. The number of nitrogens with one attached hydrogen (secondary N) is 1. The van der Waals surface area contributed by atoms with Crippen LogP contribution in [0.1, 0.15) is 33.6 Å². The lowest BCUT2D eigenvalue weighted by Crippen LogP contribution is -2.12. The van der Waals surface area contributed by atoms with Gasteiger partial charge in [-0.3, -0.25) is 0 Å². The first kappa shape index (κ1) is 8.79. The summed E-state index contributed by atoms with van der Waals surface area (Å²) in [6.45, 7) is 9.13. The lowest BCUT2D eigenvalue weighted by atomic mass is 9.84. The molecule has 1 rings (SSSR count). The molecule has 0 saturated carbocycles. The molecule has 1 aliphatic heterocycles. The van der Waals surface area contributed by atoms with Gasteiger partial charge in [0, 0.05) is 6.54 Å². The van der Waals surface area contributed by atoms with Crippen molar-refractivity contribution in [3.63, 3.8) is 0 Å². The van der Waals surface area contributed by atoms with Crippen LogP contribution in [0.5, 0.6) is 0 Å². The standard InChI is InChI=1S/C10H19N/c1-10(2,3)9-5-4-7-11-8-6-9/h6,11H,4-5,7-8H2,1-3H3. The van der Waals surface area contributed by atoms with Gasteiger partial charge in [-0.1, -0.05) is 32.4 Å². The number of allylic oxidation sites excluding steroid dienone is 1. The first-order valence-corrected chi connectivity index (χ1v) is 4.51. The Morgan fingerprint density at radius 3 is 2.73 bits per heavy atom. The summed E-state index contributed by atoms with van der Waals surface area (Å²) in [5.74, 6) is 0. The second-order valence-electron chi connectivity index (χ2n) is 4.29. The highest BCUT2D eigenvalue weighted by Crippen LogP contribution is 2.29. The molecule has 1 N–H and O–H groups in total. The first-order valence-electron chi connectivity index (χ1n) is 4.51. The molecule has 0 amide bonds. The highest BCUT2D eigenvalue weighted by atomic mass is 14.8. The normalized spacial score (nSPS) is 20.8. The summed E-state index contributed by atoms with van der Waals surface area (Å²) in [6, 6.07) is 0. The molecule has 0 fully saturated rings. The zero-order valence-corrected chi connectivity index (χ0v) is 7.91. The summed E-state index contributed by atoms with van der Waals surface area (Å²) < 4.78 is 0. The van der Waals surface area contributed by atoms with Crippen molar-refractivity contribution >= 4 is 0 Å². The van der Waals surface area contributed by atoms with Crippen molar-refractivity contribution < 1.29 is 0 Å². The molecular weight excluding hydrogens is 134 g/mol. The average Bonchev–Trinajstić information content (AvgIpc) is 2.10. The van der Waals surface area contributed by atoms with E-state index < -0.39 is 0 Å². The smallest absolute Gasteiger partial charge is 0.0137 e. The van der Waals surface area contributed by atoms with Gasteiger partial charge >= 0.3 is 0 Å². The van der Waals surface area contributed by atoms with E-state index in [1.807, 2.05) is 0 Å². The van der Waals surface area contributed by atoms with Gasteiger partial charge in [0.25, 0.3) is 0 Å². The number of rotatable bonds is 0. The van der Waals surface area contributed by atoms with E-state index in [1.165, 1.54) is 19.4 Å². The van der Waals surface area contributed by atoms with Gasteiger partial charge in [-0.15, -0.1) is 0 Å². The third kappa shape index (κ3) is 2.66. The Balaban J connectivity index is 2.61. The molecule has 1 nitrogen and oxygen atoms in total. The SMILES string of the molecule is CC(C)(C)C1=CCNCCC1. The maximum atomic E-state index is 3.37. The number of hydrogen-bond donors (Lipinski definition) is 1. The van der Waals surface area contributed by atoms with Crippen LogP contribution < -0.4 is 5.32 Å². The fraction of sp³-hybridized carbons (Fsp3) is 0.800. The predicted molar refractivity (Wildman–Crippen MR) is 49.6 cm³/mol. The van der Waals surface area contributed by atoms with Crippen molar-refractivity contribution in [1.82, 2.24) is 5.32 Å². The second-order valence-corrected chi connectivity index (χ2v) is 4.29. The maximum absolute atomic E-state index is 3.37. The lowest BCUT2D eigenvalue weighted by molar-refractivity contribution is 0.480. The van der Waals surface area contributed by atoms with Crippen LogP contribution in [0.3, 0.4) is 0 Å². The molecule has 64 valence electrons. The second kappa shape index (κ2) is 3.40. The molecular formula is C10H19N. The van der Waals surface area contributed by atoms with Crippen LogP contribution in [0.2, 0.25) is 0 Å². The minimum absolute atomic E-state index is 0.381. The molecule has 1 heteroatoms. The molecule has 0 unspecified atom stereocenters. The summed E-state index contributed by atoms with van der Waals surface area (Å²) in [4.78, 5) is 0. The van der Waals surface area contributed by atoms with Crippen LogP contribution in [0.25, 0.3) is 0 Å². The van der Waals surface area contributed by atoms with Crippen LogP contribution in [-0.4, -0.2) is 13.1 Å². The van der Waals surface area contributed by atoms with Gasteiger partial charge in [-0.25, -0.2) is 0 Å². The summed E-state index contributed by atoms with van der Waals surface area (Å²) in [5, 5.41) is 3.37. The van der Waals surface area contributed by atoms with Crippen molar-refractivity contribution in [3.8, 4) is 0 Å². The molecule has 0 aromatic carbocycles. The molecule has 0 aliphatic carbocycles. The minimum atomic E-state index is 0.381. The van der Waals surface area contributed by atoms with Gasteiger partial charge in [0.15, 0.2) is 0 Å². The molecule has 0 spiro atoms.